The van der Waals surface area contributed by atoms with Crippen LogP contribution in [0.3, 0.4) is 0 Å². The molecule has 196 valence electrons. The van der Waals surface area contributed by atoms with Gasteiger partial charge >= 0.3 is 11.9 Å². The van der Waals surface area contributed by atoms with E-state index in [1.54, 1.807) is 0 Å². The minimum atomic E-state index is -1.14. The van der Waals surface area contributed by atoms with Gasteiger partial charge in [0.1, 0.15) is 0 Å². The topological polar surface area (TPSA) is 52.6 Å². The molecule has 4 heteroatoms. The van der Waals surface area contributed by atoms with E-state index in [0.717, 1.165) is 25.7 Å². The zero-order valence-corrected chi connectivity index (χ0v) is 22.7. The largest absolute Gasteiger partial charge is 0.465 e. The smallest absolute Gasteiger partial charge is 0.323 e. The Morgan fingerprint density at radius 1 is 0.455 bits per heavy atom. The SMILES string of the molecule is CCCCCCCCCCCCCCCCCCOC(=O)C(CC)(CC)C(=O)OCCCC. The van der Waals surface area contributed by atoms with Crippen molar-refractivity contribution in [2.75, 3.05) is 13.2 Å². The van der Waals surface area contributed by atoms with Gasteiger partial charge in [0, 0.05) is 0 Å². The third kappa shape index (κ3) is 15.5. The van der Waals surface area contributed by atoms with Gasteiger partial charge in [0.2, 0.25) is 0 Å². The Hall–Kier alpha value is -1.06. The van der Waals surface area contributed by atoms with Crippen molar-refractivity contribution in [3.8, 4) is 0 Å². The maximum absolute atomic E-state index is 12.6. The monoisotopic (exact) mass is 468 g/mol. The van der Waals surface area contributed by atoms with E-state index in [1.807, 2.05) is 20.8 Å². The molecule has 0 spiro atoms. The van der Waals surface area contributed by atoms with Gasteiger partial charge in [-0.15, -0.1) is 0 Å². The fourth-order valence-corrected chi connectivity index (χ4v) is 4.31. The first-order chi connectivity index (χ1) is 16.1. The van der Waals surface area contributed by atoms with Crippen molar-refractivity contribution in [2.24, 2.45) is 5.41 Å². The highest BCUT2D eigenvalue weighted by Crippen LogP contribution is 2.30. The van der Waals surface area contributed by atoms with E-state index < -0.39 is 17.4 Å². The molecule has 0 atom stereocenters. The van der Waals surface area contributed by atoms with Gasteiger partial charge in [0.15, 0.2) is 5.41 Å². The average molecular weight is 469 g/mol. The molecule has 0 unspecified atom stereocenters. The van der Waals surface area contributed by atoms with Crippen molar-refractivity contribution in [2.45, 2.75) is 156 Å². The summed E-state index contributed by atoms with van der Waals surface area (Å²) < 4.78 is 10.8. The normalized spacial score (nSPS) is 11.5. The third-order valence-corrected chi connectivity index (χ3v) is 6.95. The predicted molar refractivity (Wildman–Crippen MR) is 139 cm³/mol. The highest BCUT2D eigenvalue weighted by atomic mass is 16.6. The highest BCUT2D eigenvalue weighted by molar-refractivity contribution is 5.99. The maximum atomic E-state index is 12.6. The second-order valence-electron chi connectivity index (χ2n) is 9.72. The molecule has 0 heterocycles. The Bertz CT molecular complexity index is 457. The third-order valence-electron chi connectivity index (χ3n) is 6.95. The molecule has 0 bridgehead atoms. The van der Waals surface area contributed by atoms with Gasteiger partial charge in [-0.2, -0.15) is 0 Å². The van der Waals surface area contributed by atoms with Crippen LogP contribution in [0.4, 0.5) is 0 Å². The molecule has 0 aliphatic carbocycles. The summed E-state index contributed by atoms with van der Waals surface area (Å²) >= 11 is 0. The molecule has 0 aromatic heterocycles. The Balaban J connectivity index is 3.69. The van der Waals surface area contributed by atoms with Gasteiger partial charge in [0.05, 0.1) is 13.2 Å². The number of carbonyl (C=O) groups excluding carboxylic acids is 2. The van der Waals surface area contributed by atoms with E-state index >= 15 is 0 Å². The Morgan fingerprint density at radius 3 is 1.09 bits per heavy atom. The fraction of sp³-hybridized carbons (Fsp3) is 0.931. The Kier molecular flexibility index (Phi) is 22.0. The Morgan fingerprint density at radius 2 is 0.758 bits per heavy atom. The van der Waals surface area contributed by atoms with E-state index in [4.69, 9.17) is 9.47 Å². The van der Waals surface area contributed by atoms with Crippen LogP contribution in [0.5, 0.6) is 0 Å². The molecule has 0 aromatic rings. The second-order valence-corrected chi connectivity index (χ2v) is 9.72. The lowest BCUT2D eigenvalue weighted by Crippen LogP contribution is -2.41. The number of hydrogen-bond donors (Lipinski definition) is 0. The number of rotatable bonds is 24. The summed E-state index contributed by atoms with van der Waals surface area (Å²) in [6, 6.07) is 0. The van der Waals surface area contributed by atoms with Gasteiger partial charge in [-0.3, -0.25) is 9.59 Å². The van der Waals surface area contributed by atoms with Crippen LogP contribution in [-0.2, 0) is 19.1 Å². The van der Waals surface area contributed by atoms with Gasteiger partial charge in [-0.25, -0.2) is 0 Å². The molecular formula is C29H56O4. The maximum Gasteiger partial charge on any atom is 0.323 e. The van der Waals surface area contributed by atoms with Crippen molar-refractivity contribution < 1.29 is 19.1 Å². The van der Waals surface area contributed by atoms with Crippen molar-refractivity contribution in [3.05, 3.63) is 0 Å². The van der Waals surface area contributed by atoms with E-state index in [9.17, 15) is 9.59 Å². The second kappa shape index (κ2) is 22.7. The predicted octanol–water partition coefficient (Wildman–Crippen LogP) is 8.94. The summed E-state index contributed by atoms with van der Waals surface area (Å²) in [6.07, 6.45) is 23.7. The lowest BCUT2D eigenvalue weighted by Gasteiger charge is -2.26. The van der Waals surface area contributed by atoms with Crippen LogP contribution in [-0.4, -0.2) is 25.2 Å². The molecule has 0 saturated heterocycles. The molecule has 0 radical (unpaired) electrons. The molecule has 0 amide bonds. The van der Waals surface area contributed by atoms with Crippen LogP contribution in [0, 0.1) is 5.41 Å². The summed E-state index contributed by atoms with van der Waals surface area (Å²) in [5, 5.41) is 0. The molecule has 0 fully saturated rings. The number of unbranched alkanes of at least 4 members (excludes halogenated alkanes) is 16. The zero-order valence-electron chi connectivity index (χ0n) is 22.7. The summed E-state index contributed by atoms with van der Waals surface area (Å²) in [7, 11) is 0. The summed E-state index contributed by atoms with van der Waals surface area (Å²) in [5.74, 6) is -0.826. The molecule has 4 nitrogen and oxygen atoms in total. The van der Waals surface area contributed by atoms with E-state index in [1.165, 1.54) is 89.9 Å². The van der Waals surface area contributed by atoms with Gasteiger partial charge < -0.3 is 9.47 Å². The first-order valence-electron chi connectivity index (χ1n) is 14.4. The standard InChI is InChI=1S/C29H56O4/c1-5-9-11-12-13-14-15-16-17-18-19-20-21-22-23-24-26-33-28(31)29(7-3,8-4)27(30)32-25-10-6-2/h5-26H2,1-4H3. The fourth-order valence-electron chi connectivity index (χ4n) is 4.31. The molecule has 0 rings (SSSR count). The lowest BCUT2D eigenvalue weighted by molar-refractivity contribution is -0.173. The minimum Gasteiger partial charge on any atom is -0.465 e. The first kappa shape index (κ1) is 31.9. The van der Waals surface area contributed by atoms with Gasteiger partial charge in [0.25, 0.3) is 0 Å². The molecular weight excluding hydrogens is 412 g/mol. The average Bonchev–Trinajstić information content (AvgIpc) is 2.82. The number of ether oxygens (including phenoxy) is 2. The van der Waals surface area contributed by atoms with Crippen molar-refractivity contribution in [1.29, 1.82) is 0 Å². The summed E-state index contributed by atoms with van der Waals surface area (Å²) in [6.45, 7) is 8.83. The quantitative estimate of drug-likeness (QED) is 0.0805. The minimum absolute atomic E-state index is 0.378. The molecule has 0 saturated carbocycles. The molecule has 0 aliphatic heterocycles. The van der Waals surface area contributed by atoms with E-state index in [-0.39, 0.29) is 0 Å². The number of carbonyl (C=O) groups is 2. The first-order valence-corrected chi connectivity index (χ1v) is 14.4. The number of esters is 2. The molecule has 0 aromatic carbocycles. The van der Waals surface area contributed by atoms with Crippen molar-refractivity contribution >= 4 is 11.9 Å². The van der Waals surface area contributed by atoms with Crippen LogP contribution >= 0.6 is 0 Å². The van der Waals surface area contributed by atoms with E-state index in [0.29, 0.717) is 26.1 Å². The molecule has 0 aliphatic rings. The van der Waals surface area contributed by atoms with Gasteiger partial charge in [-0.05, 0) is 25.7 Å². The van der Waals surface area contributed by atoms with Crippen LogP contribution in [0.25, 0.3) is 0 Å². The van der Waals surface area contributed by atoms with Crippen molar-refractivity contribution in [3.63, 3.8) is 0 Å². The molecule has 0 N–H and O–H groups in total. The lowest BCUT2D eigenvalue weighted by atomic mass is 9.82. The van der Waals surface area contributed by atoms with Crippen LogP contribution in [0.1, 0.15) is 156 Å². The number of hydrogen-bond acceptors (Lipinski definition) is 4. The Labute approximate surface area is 206 Å². The van der Waals surface area contributed by atoms with Crippen LogP contribution < -0.4 is 0 Å². The van der Waals surface area contributed by atoms with Crippen LogP contribution in [0.15, 0.2) is 0 Å². The summed E-state index contributed by atoms with van der Waals surface area (Å²) in [5.41, 5.74) is -1.14. The zero-order chi connectivity index (χ0) is 24.6. The molecule has 33 heavy (non-hydrogen) atoms. The summed E-state index contributed by atoms with van der Waals surface area (Å²) in [4.78, 5) is 25.1. The van der Waals surface area contributed by atoms with Crippen LogP contribution in [0.2, 0.25) is 0 Å². The van der Waals surface area contributed by atoms with Crippen molar-refractivity contribution in [1.82, 2.24) is 0 Å². The highest BCUT2D eigenvalue weighted by Gasteiger charge is 2.45. The van der Waals surface area contributed by atoms with Gasteiger partial charge in [-0.1, -0.05) is 130 Å². The van der Waals surface area contributed by atoms with E-state index in [2.05, 4.69) is 6.92 Å².